The fourth-order valence-electron chi connectivity index (χ4n) is 4.46. The van der Waals surface area contributed by atoms with E-state index < -0.39 is 23.4 Å². The third kappa shape index (κ3) is 5.27. The molecule has 0 atom stereocenters. The van der Waals surface area contributed by atoms with Gasteiger partial charge in [-0.25, -0.2) is 9.48 Å². The number of hydrogen-bond acceptors (Lipinski definition) is 7. The molecule has 0 bridgehead atoms. The van der Waals surface area contributed by atoms with Crippen molar-refractivity contribution < 1.29 is 19.2 Å². The van der Waals surface area contributed by atoms with Crippen molar-refractivity contribution in [3.63, 3.8) is 0 Å². The SMILES string of the molecule is CCCCCCn1nc(C(=O)OCC(=O)N2CCCc3cc([N+](=O)[O-])ccc32)c2ccccc2c1=O. The number of aryl methyl sites for hydroxylation is 2. The molecular weight excluding hydrogens is 464 g/mol. The summed E-state index contributed by atoms with van der Waals surface area (Å²) < 4.78 is 6.65. The van der Waals surface area contributed by atoms with Crippen LogP contribution in [0.5, 0.6) is 0 Å². The van der Waals surface area contributed by atoms with Crippen LogP contribution in [0, 0.1) is 10.1 Å². The summed E-state index contributed by atoms with van der Waals surface area (Å²) in [4.78, 5) is 50.9. The number of nitro groups is 1. The lowest BCUT2D eigenvalue weighted by atomic mass is 10.0. The molecule has 4 rings (SSSR count). The van der Waals surface area contributed by atoms with E-state index in [4.69, 9.17) is 4.74 Å². The van der Waals surface area contributed by atoms with Crippen molar-refractivity contribution >= 4 is 34.0 Å². The van der Waals surface area contributed by atoms with Gasteiger partial charge < -0.3 is 9.64 Å². The number of carbonyl (C=O) groups excluding carboxylic acids is 2. The maximum atomic E-state index is 13.0. The number of anilines is 1. The third-order valence-electron chi connectivity index (χ3n) is 6.30. The van der Waals surface area contributed by atoms with Crippen molar-refractivity contribution in [3.05, 3.63) is 74.2 Å². The summed E-state index contributed by atoms with van der Waals surface area (Å²) in [6.07, 6.45) is 5.08. The molecule has 36 heavy (non-hydrogen) atoms. The van der Waals surface area contributed by atoms with Crippen LogP contribution < -0.4 is 10.5 Å². The monoisotopic (exact) mass is 492 g/mol. The Morgan fingerprint density at radius 1 is 1.11 bits per heavy atom. The first-order chi connectivity index (χ1) is 17.4. The molecule has 10 nitrogen and oxygen atoms in total. The molecule has 0 saturated carbocycles. The summed E-state index contributed by atoms with van der Waals surface area (Å²) in [5, 5.41) is 16.1. The molecule has 1 aromatic heterocycles. The zero-order valence-corrected chi connectivity index (χ0v) is 20.1. The summed E-state index contributed by atoms with van der Waals surface area (Å²) in [7, 11) is 0. The number of carbonyl (C=O) groups is 2. The van der Waals surface area contributed by atoms with Crippen LogP contribution in [-0.4, -0.2) is 39.7 Å². The Bertz CT molecular complexity index is 1370. The standard InChI is InChI=1S/C26H28N4O6/c1-2-3-4-7-15-29-25(32)21-11-6-5-10-20(21)24(27-29)26(33)36-17-23(31)28-14-8-9-18-16-19(30(34)35)12-13-22(18)28/h5-6,10-13,16H,2-4,7-9,14-15,17H2,1H3. The summed E-state index contributed by atoms with van der Waals surface area (Å²) in [5.41, 5.74) is 0.976. The largest absolute Gasteiger partial charge is 0.451 e. The highest BCUT2D eigenvalue weighted by atomic mass is 16.6. The molecule has 1 aliphatic heterocycles. The molecule has 1 aliphatic rings. The van der Waals surface area contributed by atoms with E-state index in [0.29, 0.717) is 48.0 Å². The lowest BCUT2D eigenvalue weighted by molar-refractivity contribution is -0.384. The molecule has 2 aromatic carbocycles. The molecule has 10 heteroatoms. The molecule has 0 unspecified atom stereocenters. The van der Waals surface area contributed by atoms with E-state index in [1.165, 1.54) is 21.7 Å². The smallest absolute Gasteiger partial charge is 0.359 e. The van der Waals surface area contributed by atoms with Gasteiger partial charge in [0.15, 0.2) is 12.3 Å². The van der Waals surface area contributed by atoms with Crippen LogP contribution in [0.4, 0.5) is 11.4 Å². The molecular formula is C26H28N4O6. The average Bonchev–Trinajstić information content (AvgIpc) is 2.90. The van der Waals surface area contributed by atoms with Gasteiger partial charge in [-0.15, -0.1) is 0 Å². The van der Waals surface area contributed by atoms with E-state index in [1.807, 2.05) is 0 Å². The Morgan fingerprint density at radius 3 is 2.64 bits per heavy atom. The van der Waals surface area contributed by atoms with Gasteiger partial charge in [-0.05, 0) is 37.0 Å². The number of nitrogens with zero attached hydrogens (tertiary/aromatic N) is 4. The van der Waals surface area contributed by atoms with Gasteiger partial charge in [-0.1, -0.05) is 44.4 Å². The van der Waals surface area contributed by atoms with E-state index in [2.05, 4.69) is 12.0 Å². The minimum Gasteiger partial charge on any atom is -0.451 e. The average molecular weight is 493 g/mol. The zero-order chi connectivity index (χ0) is 25.7. The number of benzene rings is 2. The molecule has 3 aromatic rings. The number of ether oxygens (including phenoxy) is 1. The maximum Gasteiger partial charge on any atom is 0.359 e. The van der Waals surface area contributed by atoms with Crippen molar-refractivity contribution in [2.24, 2.45) is 0 Å². The second-order valence-corrected chi connectivity index (χ2v) is 8.78. The van der Waals surface area contributed by atoms with Crippen LogP contribution in [0.2, 0.25) is 0 Å². The minimum atomic E-state index is -0.789. The van der Waals surface area contributed by atoms with E-state index in [9.17, 15) is 24.5 Å². The molecule has 0 spiro atoms. The van der Waals surface area contributed by atoms with E-state index >= 15 is 0 Å². The number of amides is 1. The topological polar surface area (TPSA) is 125 Å². The Hall–Kier alpha value is -4.08. The Labute approximate surface area is 207 Å². The van der Waals surface area contributed by atoms with E-state index in [-0.39, 0.29) is 16.9 Å². The number of esters is 1. The normalized spacial score (nSPS) is 12.9. The number of hydrogen-bond donors (Lipinski definition) is 0. The van der Waals surface area contributed by atoms with Crippen molar-refractivity contribution in [1.29, 1.82) is 0 Å². The Morgan fingerprint density at radius 2 is 1.89 bits per heavy atom. The number of unbranched alkanes of at least 4 members (excludes halogenated alkanes) is 3. The zero-order valence-electron chi connectivity index (χ0n) is 20.1. The van der Waals surface area contributed by atoms with Crippen LogP contribution in [0.3, 0.4) is 0 Å². The van der Waals surface area contributed by atoms with Gasteiger partial charge in [0, 0.05) is 36.3 Å². The lowest BCUT2D eigenvalue weighted by Crippen LogP contribution is -2.38. The highest BCUT2D eigenvalue weighted by molar-refractivity contribution is 6.03. The molecule has 0 saturated heterocycles. The first kappa shape index (κ1) is 25.0. The van der Waals surface area contributed by atoms with Crippen LogP contribution >= 0.6 is 0 Å². The van der Waals surface area contributed by atoms with Gasteiger partial charge in [-0.2, -0.15) is 5.10 Å². The van der Waals surface area contributed by atoms with Gasteiger partial charge in [0.2, 0.25) is 0 Å². The Balaban J connectivity index is 1.52. The predicted octanol–water partition coefficient (Wildman–Crippen LogP) is 4.02. The molecule has 0 aliphatic carbocycles. The van der Waals surface area contributed by atoms with Crippen molar-refractivity contribution in [3.8, 4) is 0 Å². The van der Waals surface area contributed by atoms with Gasteiger partial charge >= 0.3 is 5.97 Å². The quantitative estimate of drug-likeness (QED) is 0.191. The highest BCUT2D eigenvalue weighted by Gasteiger charge is 2.26. The summed E-state index contributed by atoms with van der Waals surface area (Å²) in [6.45, 7) is 2.40. The van der Waals surface area contributed by atoms with Gasteiger partial charge in [0.05, 0.1) is 10.3 Å². The number of rotatable bonds is 9. The second kappa shape index (κ2) is 11.1. The van der Waals surface area contributed by atoms with E-state index in [0.717, 1.165) is 25.7 Å². The number of nitro benzene ring substituents is 1. The fraction of sp³-hybridized carbons (Fsp3) is 0.385. The lowest BCUT2D eigenvalue weighted by Gasteiger charge is -2.29. The first-order valence-electron chi connectivity index (χ1n) is 12.2. The molecule has 0 N–H and O–H groups in total. The number of aromatic nitrogens is 2. The van der Waals surface area contributed by atoms with Gasteiger partial charge in [0.25, 0.3) is 17.2 Å². The van der Waals surface area contributed by atoms with Crippen LogP contribution in [-0.2, 0) is 22.5 Å². The number of non-ortho nitro benzene ring substituents is 1. The molecule has 188 valence electrons. The van der Waals surface area contributed by atoms with Gasteiger partial charge in [-0.3, -0.25) is 19.7 Å². The van der Waals surface area contributed by atoms with Crippen molar-refractivity contribution in [1.82, 2.24) is 9.78 Å². The van der Waals surface area contributed by atoms with E-state index in [1.54, 1.807) is 30.3 Å². The molecule has 0 fully saturated rings. The predicted molar refractivity (Wildman–Crippen MR) is 134 cm³/mol. The summed E-state index contributed by atoms with van der Waals surface area (Å²) in [6, 6.07) is 11.1. The molecule has 1 amide bonds. The second-order valence-electron chi connectivity index (χ2n) is 8.78. The molecule has 2 heterocycles. The fourth-order valence-corrected chi connectivity index (χ4v) is 4.46. The van der Waals surface area contributed by atoms with Crippen molar-refractivity contribution in [2.45, 2.75) is 52.0 Å². The van der Waals surface area contributed by atoms with Crippen LogP contribution in [0.15, 0.2) is 47.3 Å². The third-order valence-corrected chi connectivity index (χ3v) is 6.30. The molecule has 0 radical (unpaired) electrons. The highest BCUT2D eigenvalue weighted by Crippen LogP contribution is 2.30. The summed E-state index contributed by atoms with van der Waals surface area (Å²) in [5.74, 6) is -1.22. The van der Waals surface area contributed by atoms with Crippen molar-refractivity contribution in [2.75, 3.05) is 18.1 Å². The first-order valence-corrected chi connectivity index (χ1v) is 12.2. The van der Waals surface area contributed by atoms with Crippen LogP contribution in [0.1, 0.15) is 55.1 Å². The number of fused-ring (bicyclic) bond motifs is 2. The Kier molecular flexibility index (Phi) is 7.72. The summed E-state index contributed by atoms with van der Waals surface area (Å²) >= 11 is 0. The maximum absolute atomic E-state index is 13.0. The minimum absolute atomic E-state index is 0.0110. The van der Waals surface area contributed by atoms with Gasteiger partial charge in [0.1, 0.15) is 0 Å². The van der Waals surface area contributed by atoms with Crippen LogP contribution in [0.25, 0.3) is 10.8 Å².